The number of nitrogens with one attached hydrogen (secondary N) is 1. The van der Waals surface area contributed by atoms with E-state index in [1.54, 1.807) is 6.07 Å². The van der Waals surface area contributed by atoms with Gasteiger partial charge in [-0.3, -0.25) is 14.2 Å². The quantitative estimate of drug-likeness (QED) is 0.561. The number of rotatable bonds is 6. The van der Waals surface area contributed by atoms with E-state index in [1.807, 2.05) is 0 Å². The highest BCUT2D eigenvalue weighted by atomic mass is 32.2. The third-order valence-corrected chi connectivity index (χ3v) is 6.68. The maximum atomic E-state index is 13.2. The van der Waals surface area contributed by atoms with Crippen LogP contribution in [-0.4, -0.2) is 30.3 Å². The Morgan fingerprint density at radius 3 is 2.56 bits per heavy atom. The number of pyridine rings is 1. The van der Waals surface area contributed by atoms with Gasteiger partial charge in [-0.2, -0.15) is 13.2 Å². The standard InChI is InChI=1S/C22H20F3N3O5S/c1-12-19(34(2,31)32)10-17(20(29)26-11-16-9-18(27-33-16)13-6-7-13)21(30)28(12)15-5-3-4-14(8-15)22(23,24)25/h3-5,8-10,13H,6-7,11H2,1-2H3,(H,26,29). The van der Waals surface area contributed by atoms with Crippen molar-refractivity contribution in [3.8, 4) is 5.69 Å². The number of benzene rings is 1. The zero-order valence-electron chi connectivity index (χ0n) is 18.1. The largest absolute Gasteiger partial charge is 0.416 e. The Hall–Kier alpha value is -3.41. The summed E-state index contributed by atoms with van der Waals surface area (Å²) in [5, 5.41) is 6.40. The summed E-state index contributed by atoms with van der Waals surface area (Å²) in [4.78, 5) is 25.6. The minimum Gasteiger partial charge on any atom is -0.359 e. The molecule has 180 valence electrons. The van der Waals surface area contributed by atoms with Gasteiger partial charge in [0, 0.05) is 29.6 Å². The SMILES string of the molecule is Cc1c(S(C)(=O)=O)cc(C(=O)NCc2cc(C3CC3)no2)c(=O)n1-c1cccc(C(F)(F)F)c1. The van der Waals surface area contributed by atoms with Crippen LogP contribution in [0.2, 0.25) is 0 Å². The number of sulfone groups is 1. The second-order valence-corrected chi connectivity index (χ2v) is 10.1. The number of hydrogen-bond donors (Lipinski definition) is 1. The molecule has 0 bridgehead atoms. The minimum absolute atomic E-state index is 0.108. The van der Waals surface area contributed by atoms with Crippen LogP contribution in [0.4, 0.5) is 13.2 Å². The van der Waals surface area contributed by atoms with Crippen LogP contribution in [0, 0.1) is 6.92 Å². The first-order chi connectivity index (χ1) is 15.9. The summed E-state index contributed by atoms with van der Waals surface area (Å²) in [5.41, 5.74) is -2.09. The summed E-state index contributed by atoms with van der Waals surface area (Å²) in [6.45, 7) is 1.18. The molecule has 1 fully saturated rings. The van der Waals surface area contributed by atoms with Crippen molar-refractivity contribution in [1.82, 2.24) is 15.0 Å². The van der Waals surface area contributed by atoms with Crippen molar-refractivity contribution in [3.63, 3.8) is 0 Å². The van der Waals surface area contributed by atoms with Gasteiger partial charge >= 0.3 is 6.18 Å². The number of alkyl halides is 3. The minimum atomic E-state index is -4.68. The zero-order chi connectivity index (χ0) is 24.8. The Morgan fingerprint density at radius 1 is 1.24 bits per heavy atom. The summed E-state index contributed by atoms with van der Waals surface area (Å²) >= 11 is 0. The first kappa shape index (κ1) is 23.7. The normalized spacial score (nSPS) is 14.3. The topological polar surface area (TPSA) is 111 Å². The molecule has 0 radical (unpaired) electrons. The van der Waals surface area contributed by atoms with E-state index in [4.69, 9.17) is 4.52 Å². The fourth-order valence-electron chi connectivity index (χ4n) is 3.60. The molecule has 0 saturated heterocycles. The van der Waals surface area contributed by atoms with E-state index in [0.29, 0.717) is 11.7 Å². The molecule has 1 N–H and O–H groups in total. The van der Waals surface area contributed by atoms with Gasteiger partial charge in [-0.1, -0.05) is 11.2 Å². The molecular weight excluding hydrogens is 475 g/mol. The molecular formula is C22H20F3N3O5S. The molecule has 0 unspecified atom stereocenters. The van der Waals surface area contributed by atoms with E-state index < -0.39 is 38.6 Å². The molecule has 1 saturated carbocycles. The summed E-state index contributed by atoms with van der Waals surface area (Å²) in [6.07, 6.45) is -1.79. The van der Waals surface area contributed by atoms with E-state index in [2.05, 4.69) is 10.5 Å². The van der Waals surface area contributed by atoms with Gasteiger partial charge in [-0.15, -0.1) is 0 Å². The van der Waals surface area contributed by atoms with Crippen molar-refractivity contribution in [2.24, 2.45) is 0 Å². The van der Waals surface area contributed by atoms with Crippen LogP contribution >= 0.6 is 0 Å². The lowest BCUT2D eigenvalue weighted by atomic mass is 10.1. The molecule has 2 aromatic heterocycles. The highest BCUT2D eigenvalue weighted by Crippen LogP contribution is 2.39. The first-order valence-corrected chi connectivity index (χ1v) is 12.1. The summed E-state index contributed by atoms with van der Waals surface area (Å²) in [5.74, 6) is -0.216. The van der Waals surface area contributed by atoms with Crippen LogP contribution < -0.4 is 10.9 Å². The van der Waals surface area contributed by atoms with Gasteiger partial charge in [0.05, 0.1) is 22.7 Å². The van der Waals surface area contributed by atoms with Crippen LogP contribution in [0.15, 0.2) is 50.6 Å². The van der Waals surface area contributed by atoms with Crippen LogP contribution in [0.3, 0.4) is 0 Å². The van der Waals surface area contributed by atoms with Crippen molar-refractivity contribution < 1.29 is 30.9 Å². The highest BCUT2D eigenvalue weighted by molar-refractivity contribution is 7.90. The molecule has 0 spiro atoms. The van der Waals surface area contributed by atoms with E-state index >= 15 is 0 Å². The Labute approximate surface area is 192 Å². The van der Waals surface area contributed by atoms with Crippen molar-refractivity contribution in [2.45, 2.75) is 43.3 Å². The third kappa shape index (κ3) is 4.76. The molecule has 2 heterocycles. The molecule has 8 nitrogen and oxygen atoms in total. The van der Waals surface area contributed by atoms with Gasteiger partial charge in [-0.05, 0) is 44.0 Å². The summed E-state index contributed by atoms with van der Waals surface area (Å²) in [6, 6.07) is 6.49. The van der Waals surface area contributed by atoms with Crippen LogP contribution in [0.1, 0.15) is 51.8 Å². The second-order valence-electron chi connectivity index (χ2n) is 8.14. The van der Waals surface area contributed by atoms with Crippen molar-refractivity contribution in [3.05, 3.63) is 75.0 Å². The number of carbonyl (C=O) groups excluding carboxylic acids is 1. The fraction of sp³-hybridized carbons (Fsp3) is 0.318. The molecule has 1 amide bonds. The van der Waals surface area contributed by atoms with E-state index in [9.17, 15) is 31.2 Å². The molecule has 1 aromatic carbocycles. The highest BCUT2D eigenvalue weighted by Gasteiger charge is 2.31. The molecule has 34 heavy (non-hydrogen) atoms. The molecule has 3 aromatic rings. The third-order valence-electron chi connectivity index (χ3n) is 5.47. The van der Waals surface area contributed by atoms with Gasteiger partial charge in [0.2, 0.25) is 0 Å². The Balaban J connectivity index is 1.75. The Kier molecular flexibility index (Phi) is 5.88. The number of carbonyl (C=O) groups is 1. The molecule has 1 aliphatic rings. The average molecular weight is 495 g/mol. The van der Waals surface area contributed by atoms with Crippen molar-refractivity contribution in [2.75, 3.05) is 6.26 Å². The average Bonchev–Trinajstić information content (AvgIpc) is 3.49. The molecule has 1 aliphatic carbocycles. The van der Waals surface area contributed by atoms with Crippen LogP contribution in [-0.2, 0) is 22.6 Å². The Bertz CT molecular complexity index is 1440. The van der Waals surface area contributed by atoms with Crippen molar-refractivity contribution >= 4 is 15.7 Å². The molecule has 0 aliphatic heterocycles. The maximum Gasteiger partial charge on any atom is 0.416 e. The number of aromatic nitrogens is 2. The monoisotopic (exact) mass is 495 g/mol. The molecule has 4 rings (SSSR count). The molecule has 12 heteroatoms. The van der Waals surface area contributed by atoms with Gasteiger partial charge in [-0.25, -0.2) is 8.42 Å². The predicted molar refractivity (Wildman–Crippen MR) is 115 cm³/mol. The second kappa shape index (κ2) is 8.42. The molecule has 0 atom stereocenters. The summed E-state index contributed by atoms with van der Waals surface area (Å²) in [7, 11) is -3.93. The van der Waals surface area contributed by atoms with E-state index in [0.717, 1.165) is 53.6 Å². The van der Waals surface area contributed by atoms with Crippen LogP contribution in [0.25, 0.3) is 5.69 Å². The smallest absolute Gasteiger partial charge is 0.359 e. The van der Waals surface area contributed by atoms with E-state index in [1.165, 1.54) is 13.0 Å². The predicted octanol–water partition coefficient (Wildman–Crippen LogP) is 3.36. The summed E-state index contributed by atoms with van der Waals surface area (Å²) < 4.78 is 70.3. The Morgan fingerprint density at radius 2 is 1.94 bits per heavy atom. The maximum absolute atomic E-state index is 13.2. The van der Waals surface area contributed by atoms with E-state index in [-0.39, 0.29) is 22.8 Å². The van der Waals surface area contributed by atoms with Gasteiger partial charge in [0.1, 0.15) is 5.56 Å². The number of nitrogens with zero attached hydrogens (tertiary/aromatic N) is 2. The van der Waals surface area contributed by atoms with Crippen molar-refractivity contribution in [1.29, 1.82) is 0 Å². The lowest BCUT2D eigenvalue weighted by molar-refractivity contribution is -0.137. The number of halogens is 3. The number of hydrogen-bond acceptors (Lipinski definition) is 6. The van der Waals surface area contributed by atoms with Gasteiger partial charge < -0.3 is 9.84 Å². The lowest BCUT2D eigenvalue weighted by Gasteiger charge is -2.17. The van der Waals surface area contributed by atoms with Crippen LogP contribution in [0.5, 0.6) is 0 Å². The fourth-order valence-corrected chi connectivity index (χ4v) is 4.56. The first-order valence-electron chi connectivity index (χ1n) is 10.2. The van der Waals surface area contributed by atoms with Gasteiger partial charge in [0.15, 0.2) is 15.6 Å². The number of amides is 1. The zero-order valence-corrected chi connectivity index (χ0v) is 19.0. The van der Waals surface area contributed by atoms with Gasteiger partial charge in [0.25, 0.3) is 11.5 Å². The lowest BCUT2D eigenvalue weighted by Crippen LogP contribution is -2.34.